The molecule has 4 heteroatoms. The molecule has 1 aromatic heterocycles. The maximum absolute atomic E-state index is 8.69. The van der Waals surface area contributed by atoms with E-state index in [2.05, 4.69) is 11.1 Å². The van der Waals surface area contributed by atoms with Gasteiger partial charge in [0.1, 0.15) is 10.6 Å². The summed E-state index contributed by atoms with van der Waals surface area (Å²) < 4.78 is 5.80. The van der Waals surface area contributed by atoms with E-state index >= 15 is 0 Å². The van der Waals surface area contributed by atoms with Gasteiger partial charge in [-0.2, -0.15) is 5.26 Å². The molecular formula is C13H18N2OS. The number of nitriles is 1. The van der Waals surface area contributed by atoms with Crippen LogP contribution < -0.4 is 0 Å². The minimum absolute atomic E-state index is 0.186. The average molecular weight is 250 g/mol. The largest absolute Gasteiger partial charge is 0.371 e. The Bertz CT molecular complexity index is 400. The van der Waals surface area contributed by atoms with Gasteiger partial charge in [-0.3, -0.25) is 0 Å². The lowest BCUT2D eigenvalue weighted by Gasteiger charge is -2.29. The van der Waals surface area contributed by atoms with E-state index in [1.165, 1.54) is 25.7 Å². The first-order chi connectivity index (χ1) is 8.30. The van der Waals surface area contributed by atoms with Crippen LogP contribution in [0.5, 0.6) is 0 Å². The number of hydrogen-bond acceptors (Lipinski definition) is 4. The summed E-state index contributed by atoms with van der Waals surface area (Å²) >= 11 is 1.64. The molecule has 1 saturated carbocycles. The molecule has 0 unspecified atom stereocenters. The van der Waals surface area contributed by atoms with Crippen molar-refractivity contribution in [2.75, 3.05) is 7.11 Å². The Balaban J connectivity index is 2.23. The van der Waals surface area contributed by atoms with E-state index in [1.54, 1.807) is 18.4 Å². The third kappa shape index (κ3) is 2.67. The van der Waals surface area contributed by atoms with Gasteiger partial charge >= 0.3 is 0 Å². The van der Waals surface area contributed by atoms with Crippen molar-refractivity contribution in [2.45, 2.75) is 50.5 Å². The van der Waals surface area contributed by atoms with Crippen molar-refractivity contribution >= 4 is 11.3 Å². The van der Waals surface area contributed by atoms with Crippen LogP contribution in [0, 0.1) is 11.3 Å². The molecule has 0 N–H and O–H groups in total. The van der Waals surface area contributed by atoms with Crippen molar-refractivity contribution < 1.29 is 4.74 Å². The maximum Gasteiger partial charge on any atom is 0.125 e. The highest BCUT2D eigenvalue weighted by atomic mass is 32.1. The molecule has 92 valence electrons. The Kier molecular flexibility index (Phi) is 4.14. The lowest BCUT2D eigenvalue weighted by Crippen LogP contribution is -2.27. The minimum Gasteiger partial charge on any atom is -0.371 e. The van der Waals surface area contributed by atoms with Crippen LogP contribution in [-0.4, -0.2) is 12.1 Å². The molecule has 3 nitrogen and oxygen atoms in total. The molecule has 1 aromatic rings. The van der Waals surface area contributed by atoms with Crippen molar-refractivity contribution in [2.24, 2.45) is 0 Å². The second-order valence-electron chi connectivity index (χ2n) is 4.59. The van der Waals surface area contributed by atoms with Crippen molar-refractivity contribution in [3.63, 3.8) is 0 Å². The van der Waals surface area contributed by atoms with Gasteiger partial charge < -0.3 is 4.74 Å². The molecule has 0 saturated heterocycles. The Morgan fingerprint density at radius 2 is 2.12 bits per heavy atom. The number of hydrogen-bond donors (Lipinski definition) is 0. The molecule has 1 heterocycles. The smallest absolute Gasteiger partial charge is 0.125 e. The van der Waals surface area contributed by atoms with E-state index in [-0.39, 0.29) is 5.60 Å². The SMILES string of the molecule is COC1(c2nc(CC#N)cs2)CCCCCC1. The highest BCUT2D eigenvalue weighted by Crippen LogP contribution is 2.40. The third-order valence-corrected chi connectivity index (χ3v) is 4.58. The summed E-state index contributed by atoms with van der Waals surface area (Å²) in [5.41, 5.74) is 0.697. The van der Waals surface area contributed by atoms with Crippen molar-refractivity contribution in [3.8, 4) is 6.07 Å². The second kappa shape index (κ2) is 5.61. The Morgan fingerprint density at radius 1 is 1.41 bits per heavy atom. The standard InChI is InChI=1S/C13H18N2OS/c1-16-13(7-4-2-3-5-8-13)12-15-11(6-9-14)10-17-12/h10H,2-8H2,1H3. The van der Waals surface area contributed by atoms with Gasteiger partial charge in [-0.25, -0.2) is 4.98 Å². The fourth-order valence-corrected chi connectivity index (χ4v) is 3.54. The van der Waals surface area contributed by atoms with Crippen LogP contribution in [0.15, 0.2) is 5.38 Å². The molecule has 0 aromatic carbocycles. The van der Waals surface area contributed by atoms with Crippen LogP contribution in [0.2, 0.25) is 0 Å². The Morgan fingerprint density at radius 3 is 2.71 bits per heavy atom. The van der Waals surface area contributed by atoms with Crippen molar-refractivity contribution in [1.29, 1.82) is 5.26 Å². The van der Waals surface area contributed by atoms with Gasteiger partial charge in [0, 0.05) is 12.5 Å². The topological polar surface area (TPSA) is 45.9 Å². The van der Waals surface area contributed by atoms with Gasteiger partial charge in [0.2, 0.25) is 0 Å². The number of thiazole rings is 1. The Hall–Kier alpha value is -0.920. The van der Waals surface area contributed by atoms with Gasteiger partial charge in [-0.05, 0) is 12.8 Å². The molecule has 0 spiro atoms. The predicted molar refractivity (Wildman–Crippen MR) is 67.8 cm³/mol. The molecular weight excluding hydrogens is 232 g/mol. The monoisotopic (exact) mass is 250 g/mol. The first kappa shape index (κ1) is 12.5. The molecule has 0 bridgehead atoms. The molecule has 1 aliphatic carbocycles. The van der Waals surface area contributed by atoms with E-state index in [0.717, 1.165) is 23.5 Å². The van der Waals surface area contributed by atoms with Gasteiger partial charge in [0.15, 0.2) is 0 Å². The fourth-order valence-electron chi connectivity index (χ4n) is 2.48. The zero-order chi connectivity index (χ0) is 12.1. The van der Waals surface area contributed by atoms with Crippen LogP contribution in [0.1, 0.15) is 49.2 Å². The number of nitrogens with zero attached hydrogens (tertiary/aromatic N) is 2. The fraction of sp³-hybridized carbons (Fsp3) is 0.692. The van der Waals surface area contributed by atoms with E-state index in [1.807, 2.05) is 5.38 Å². The van der Waals surface area contributed by atoms with E-state index in [9.17, 15) is 0 Å². The van der Waals surface area contributed by atoms with Gasteiger partial charge in [0.05, 0.1) is 18.2 Å². The lowest BCUT2D eigenvalue weighted by molar-refractivity contribution is -0.0280. The number of aromatic nitrogens is 1. The van der Waals surface area contributed by atoms with Gasteiger partial charge in [-0.1, -0.05) is 25.7 Å². The normalized spacial score (nSPS) is 19.5. The Labute approximate surface area is 106 Å². The molecule has 0 radical (unpaired) electrons. The lowest BCUT2D eigenvalue weighted by atomic mass is 9.95. The molecule has 0 amide bonds. The predicted octanol–water partition coefficient (Wildman–Crippen LogP) is 3.41. The van der Waals surface area contributed by atoms with E-state index < -0.39 is 0 Å². The van der Waals surface area contributed by atoms with Gasteiger partial charge in [0.25, 0.3) is 0 Å². The summed E-state index contributed by atoms with van der Waals surface area (Å²) in [4.78, 5) is 4.58. The molecule has 1 fully saturated rings. The minimum atomic E-state index is -0.186. The number of ether oxygens (including phenoxy) is 1. The van der Waals surface area contributed by atoms with Crippen molar-refractivity contribution in [3.05, 3.63) is 16.1 Å². The summed E-state index contributed by atoms with van der Waals surface area (Å²) in [5.74, 6) is 0. The average Bonchev–Trinajstić information content (AvgIpc) is 2.68. The summed E-state index contributed by atoms with van der Waals surface area (Å²) in [6.45, 7) is 0. The van der Waals surface area contributed by atoms with Crippen LogP contribution in [0.3, 0.4) is 0 Å². The first-order valence-electron chi connectivity index (χ1n) is 6.18. The molecule has 17 heavy (non-hydrogen) atoms. The highest BCUT2D eigenvalue weighted by molar-refractivity contribution is 7.09. The first-order valence-corrected chi connectivity index (χ1v) is 7.06. The van der Waals surface area contributed by atoms with E-state index in [4.69, 9.17) is 10.00 Å². The number of methoxy groups -OCH3 is 1. The highest BCUT2D eigenvalue weighted by Gasteiger charge is 2.35. The maximum atomic E-state index is 8.69. The third-order valence-electron chi connectivity index (χ3n) is 3.50. The second-order valence-corrected chi connectivity index (χ2v) is 5.45. The molecule has 0 aliphatic heterocycles. The summed E-state index contributed by atoms with van der Waals surface area (Å²) in [5, 5.41) is 11.7. The quantitative estimate of drug-likeness (QED) is 0.772. The van der Waals surface area contributed by atoms with Crippen molar-refractivity contribution in [1.82, 2.24) is 4.98 Å². The summed E-state index contributed by atoms with van der Waals surface area (Å²) in [6, 6.07) is 2.15. The molecule has 0 atom stereocenters. The van der Waals surface area contributed by atoms with Crippen LogP contribution in [0.4, 0.5) is 0 Å². The van der Waals surface area contributed by atoms with Crippen LogP contribution in [0.25, 0.3) is 0 Å². The summed E-state index contributed by atoms with van der Waals surface area (Å²) in [7, 11) is 1.79. The van der Waals surface area contributed by atoms with Crippen LogP contribution in [-0.2, 0) is 16.8 Å². The van der Waals surface area contributed by atoms with Crippen LogP contribution >= 0.6 is 11.3 Å². The zero-order valence-electron chi connectivity index (χ0n) is 10.2. The number of rotatable bonds is 3. The molecule has 1 aliphatic rings. The zero-order valence-corrected chi connectivity index (χ0v) is 11.1. The summed E-state index contributed by atoms with van der Waals surface area (Å²) in [6.07, 6.45) is 7.52. The molecule has 2 rings (SSSR count). The van der Waals surface area contributed by atoms with Gasteiger partial charge in [-0.15, -0.1) is 11.3 Å². The van der Waals surface area contributed by atoms with E-state index in [0.29, 0.717) is 6.42 Å².